The van der Waals surface area contributed by atoms with Gasteiger partial charge in [0, 0.05) is 35.3 Å². The van der Waals surface area contributed by atoms with Crippen molar-refractivity contribution in [2.24, 2.45) is 4.99 Å². The zero-order valence-corrected chi connectivity index (χ0v) is 21.6. The molecule has 1 aliphatic rings. The normalized spacial score (nSPS) is 12.7. The quantitative estimate of drug-likeness (QED) is 0.148. The molecule has 7 nitrogen and oxygen atoms in total. The SMILES string of the molecule is O=C(NCc1ccccc1)c1c(N=Cc2ccccc2OCc2ccc([N+](=O)[O-])cc2)sc2c1CCCC2. The number of carbonyl (C=O) groups excluding carboxylic acids is 1. The topological polar surface area (TPSA) is 93.8 Å². The highest BCUT2D eigenvalue weighted by Gasteiger charge is 2.25. The van der Waals surface area contributed by atoms with Gasteiger partial charge in [-0.3, -0.25) is 14.9 Å². The third-order valence-electron chi connectivity index (χ3n) is 6.46. The molecule has 192 valence electrons. The number of benzene rings is 3. The van der Waals surface area contributed by atoms with E-state index in [1.807, 2.05) is 54.6 Å². The van der Waals surface area contributed by atoms with Crippen LogP contribution in [0.25, 0.3) is 0 Å². The van der Waals surface area contributed by atoms with E-state index in [9.17, 15) is 14.9 Å². The van der Waals surface area contributed by atoms with Crippen molar-refractivity contribution in [2.75, 3.05) is 0 Å². The van der Waals surface area contributed by atoms with Crippen LogP contribution in [0.5, 0.6) is 5.75 Å². The predicted octanol–water partition coefficient (Wildman–Crippen LogP) is 6.79. The van der Waals surface area contributed by atoms with Crippen molar-refractivity contribution in [2.45, 2.75) is 38.8 Å². The maximum atomic E-state index is 13.3. The number of hydrogen-bond donors (Lipinski definition) is 1. The number of non-ortho nitro benzene ring substituents is 1. The Morgan fingerprint density at radius 1 is 0.974 bits per heavy atom. The van der Waals surface area contributed by atoms with Gasteiger partial charge in [-0.25, -0.2) is 4.99 Å². The lowest BCUT2D eigenvalue weighted by Crippen LogP contribution is -2.24. The smallest absolute Gasteiger partial charge is 0.269 e. The maximum Gasteiger partial charge on any atom is 0.269 e. The molecule has 0 fully saturated rings. The largest absolute Gasteiger partial charge is 0.488 e. The van der Waals surface area contributed by atoms with Gasteiger partial charge in [0.1, 0.15) is 17.4 Å². The summed E-state index contributed by atoms with van der Waals surface area (Å²) in [5.41, 5.74) is 4.52. The third kappa shape index (κ3) is 5.98. The van der Waals surface area contributed by atoms with E-state index in [0.717, 1.165) is 47.9 Å². The molecule has 4 aromatic rings. The number of carbonyl (C=O) groups is 1. The third-order valence-corrected chi connectivity index (χ3v) is 7.66. The van der Waals surface area contributed by atoms with E-state index >= 15 is 0 Å². The first kappa shape index (κ1) is 25.4. The van der Waals surface area contributed by atoms with Gasteiger partial charge in [-0.05, 0) is 66.6 Å². The van der Waals surface area contributed by atoms with Crippen molar-refractivity contribution in [3.8, 4) is 5.75 Å². The molecule has 0 saturated heterocycles. The van der Waals surface area contributed by atoms with Crippen molar-refractivity contribution in [3.05, 3.63) is 122 Å². The molecule has 3 aromatic carbocycles. The second-order valence-electron chi connectivity index (χ2n) is 9.07. The highest BCUT2D eigenvalue weighted by atomic mass is 32.1. The van der Waals surface area contributed by atoms with Crippen molar-refractivity contribution >= 4 is 34.1 Å². The van der Waals surface area contributed by atoms with E-state index in [0.29, 0.717) is 22.9 Å². The first-order valence-corrected chi connectivity index (χ1v) is 13.4. The summed E-state index contributed by atoms with van der Waals surface area (Å²) in [7, 11) is 0. The Bertz CT molecular complexity index is 1460. The number of para-hydroxylation sites is 1. The van der Waals surface area contributed by atoms with Gasteiger partial charge >= 0.3 is 0 Å². The summed E-state index contributed by atoms with van der Waals surface area (Å²) >= 11 is 1.60. The van der Waals surface area contributed by atoms with Crippen LogP contribution in [-0.4, -0.2) is 17.0 Å². The van der Waals surface area contributed by atoms with Crippen LogP contribution in [0.15, 0.2) is 83.9 Å². The van der Waals surface area contributed by atoms with E-state index in [1.54, 1.807) is 29.7 Å². The summed E-state index contributed by atoms with van der Waals surface area (Å²) in [6.07, 6.45) is 5.82. The molecule has 0 atom stereocenters. The van der Waals surface area contributed by atoms with Crippen LogP contribution in [0, 0.1) is 10.1 Å². The average Bonchev–Trinajstić information content (AvgIpc) is 3.33. The van der Waals surface area contributed by atoms with Gasteiger partial charge in [0.15, 0.2) is 0 Å². The monoisotopic (exact) mass is 525 g/mol. The number of fused-ring (bicyclic) bond motifs is 1. The van der Waals surface area contributed by atoms with Crippen molar-refractivity contribution in [1.29, 1.82) is 0 Å². The molecule has 0 unspecified atom stereocenters. The number of ether oxygens (including phenoxy) is 1. The molecule has 5 rings (SSSR count). The van der Waals surface area contributed by atoms with E-state index < -0.39 is 4.92 Å². The minimum absolute atomic E-state index is 0.0449. The molecule has 1 aliphatic carbocycles. The molecule has 0 saturated carbocycles. The molecule has 0 bridgehead atoms. The zero-order chi connectivity index (χ0) is 26.3. The van der Waals surface area contributed by atoms with E-state index in [1.165, 1.54) is 17.0 Å². The van der Waals surface area contributed by atoms with Crippen molar-refractivity contribution in [1.82, 2.24) is 5.32 Å². The first-order chi connectivity index (χ1) is 18.6. The lowest BCUT2D eigenvalue weighted by Gasteiger charge is -2.13. The number of nitrogens with one attached hydrogen (secondary N) is 1. The first-order valence-electron chi connectivity index (χ1n) is 12.5. The molecule has 1 amide bonds. The van der Waals surface area contributed by atoms with E-state index in [4.69, 9.17) is 9.73 Å². The Kier molecular flexibility index (Phi) is 7.89. The summed E-state index contributed by atoms with van der Waals surface area (Å²) < 4.78 is 6.02. The number of aryl methyl sites for hydroxylation is 1. The highest BCUT2D eigenvalue weighted by molar-refractivity contribution is 7.16. The molecular formula is C30H27N3O4S. The lowest BCUT2D eigenvalue weighted by atomic mass is 9.95. The number of nitro benzene ring substituents is 1. The van der Waals surface area contributed by atoms with Gasteiger partial charge in [0.25, 0.3) is 11.6 Å². The number of nitrogens with zero attached hydrogens (tertiary/aromatic N) is 2. The summed E-state index contributed by atoms with van der Waals surface area (Å²) in [4.78, 5) is 29.8. The van der Waals surface area contributed by atoms with E-state index in [2.05, 4.69) is 5.32 Å². The van der Waals surface area contributed by atoms with Crippen LogP contribution in [0.1, 0.15) is 50.3 Å². The number of amides is 1. The zero-order valence-electron chi connectivity index (χ0n) is 20.8. The van der Waals surface area contributed by atoms with Crippen molar-refractivity contribution in [3.63, 3.8) is 0 Å². The van der Waals surface area contributed by atoms with Crippen molar-refractivity contribution < 1.29 is 14.5 Å². The fourth-order valence-corrected chi connectivity index (χ4v) is 5.70. The van der Waals surface area contributed by atoms with Crippen LogP contribution >= 0.6 is 11.3 Å². The Morgan fingerprint density at radius 3 is 2.50 bits per heavy atom. The van der Waals surface area contributed by atoms with Gasteiger partial charge in [0.05, 0.1) is 10.5 Å². The summed E-state index contributed by atoms with van der Waals surface area (Å²) in [5, 5.41) is 14.7. The Balaban J connectivity index is 1.35. The van der Waals surface area contributed by atoms with Gasteiger partial charge < -0.3 is 10.1 Å². The molecule has 38 heavy (non-hydrogen) atoms. The Morgan fingerprint density at radius 2 is 1.71 bits per heavy atom. The number of nitro groups is 1. The molecule has 1 aromatic heterocycles. The summed E-state index contributed by atoms with van der Waals surface area (Å²) in [5.74, 6) is 0.550. The average molecular weight is 526 g/mol. The minimum Gasteiger partial charge on any atom is -0.488 e. The molecule has 0 aliphatic heterocycles. The molecule has 1 N–H and O–H groups in total. The molecular weight excluding hydrogens is 498 g/mol. The van der Waals surface area contributed by atoms with Crippen LogP contribution in [-0.2, 0) is 26.0 Å². The van der Waals surface area contributed by atoms with E-state index in [-0.39, 0.29) is 18.2 Å². The van der Waals surface area contributed by atoms with Crippen LogP contribution < -0.4 is 10.1 Å². The fourth-order valence-electron chi connectivity index (χ4n) is 4.46. The predicted molar refractivity (Wildman–Crippen MR) is 150 cm³/mol. The summed E-state index contributed by atoms with van der Waals surface area (Å²) in [6.45, 7) is 0.732. The number of rotatable bonds is 9. The van der Waals surface area contributed by atoms with Gasteiger partial charge in [-0.2, -0.15) is 0 Å². The highest BCUT2D eigenvalue weighted by Crippen LogP contribution is 2.40. The fraction of sp³-hybridized carbons (Fsp3) is 0.200. The Hall–Kier alpha value is -4.30. The molecule has 8 heteroatoms. The van der Waals surface area contributed by atoms with Gasteiger partial charge in [-0.1, -0.05) is 42.5 Å². The van der Waals surface area contributed by atoms with Gasteiger partial charge in [0.2, 0.25) is 0 Å². The van der Waals surface area contributed by atoms with Crippen LogP contribution in [0.2, 0.25) is 0 Å². The number of hydrogen-bond acceptors (Lipinski definition) is 6. The Labute approximate surface area is 225 Å². The van der Waals surface area contributed by atoms with Gasteiger partial charge in [-0.15, -0.1) is 11.3 Å². The second-order valence-corrected chi connectivity index (χ2v) is 10.2. The number of thiophene rings is 1. The molecule has 0 spiro atoms. The maximum absolute atomic E-state index is 13.3. The molecule has 0 radical (unpaired) electrons. The standard InChI is InChI=1S/C30H27N3O4S/c34-29(31-18-21-8-2-1-3-9-21)28-25-11-5-7-13-27(25)38-30(28)32-19-23-10-4-6-12-26(23)37-20-22-14-16-24(17-15-22)33(35)36/h1-4,6,8-10,12,14-17,19H,5,7,11,13,18,20H2,(H,31,34). The van der Waals surface area contributed by atoms with Crippen LogP contribution in [0.4, 0.5) is 10.7 Å². The molecule has 1 heterocycles. The number of aliphatic imine (C=N–C) groups is 1. The summed E-state index contributed by atoms with van der Waals surface area (Å²) in [6, 6.07) is 23.8. The van der Waals surface area contributed by atoms with Crippen LogP contribution in [0.3, 0.4) is 0 Å². The minimum atomic E-state index is -0.422. The second kappa shape index (κ2) is 11.8. The lowest BCUT2D eigenvalue weighted by molar-refractivity contribution is -0.384.